The molecule has 0 bridgehead atoms. The first-order valence-corrected chi connectivity index (χ1v) is 7.91. The topological polar surface area (TPSA) is 76.1 Å². The van der Waals surface area contributed by atoms with Crippen LogP contribution in [0.15, 0.2) is 48.5 Å². The highest BCUT2D eigenvalue weighted by Crippen LogP contribution is 2.24. The predicted molar refractivity (Wildman–Crippen MR) is 92.5 cm³/mol. The van der Waals surface area contributed by atoms with Gasteiger partial charge in [-0.15, -0.1) is 0 Å². The van der Waals surface area contributed by atoms with Crippen molar-refractivity contribution in [2.75, 3.05) is 20.3 Å². The van der Waals surface area contributed by atoms with Crippen LogP contribution in [0.3, 0.4) is 0 Å². The Labute approximate surface area is 146 Å². The first kappa shape index (κ1) is 18.3. The molecule has 1 N–H and O–H groups in total. The number of phenols is 1. The van der Waals surface area contributed by atoms with Crippen molar-refractivity contribution in [3.8, 4) is 11.5 Å². The predicted octanol–water partition coefficient (Wildman–Crippen LogP) is 2.61. The van der Waals surface area contributed by atoms with Gasteiger partial charge in [0.1, 0.15) is 17.1 Å². The van der Waals surface area contributed by atoms with Crippen molar-refractivity contribution < 1.29 is 24.2 Å². The lowest BCUT2D eigenvalue weighted by Crippen LogP contribution is -2.34. The number of hydrogen-bond donors (Lipinski definition) is 1. The first-order chi connectivity index (χ1) is 12.0. The SMILES string of the molecule is CCN(Cc1ccccc1)C(=O)COC(=O)c1ccc(OC)cc1O. The number of ether oxygens (including phenoxy) is 2. The fourth-order valence-corrected chi connectivity index (χ4v) is 2.29. The highest BCUT2D eigenvalue weighted by Gasteiger charge is 2.18. The molecule has 0 radical (unpaired) electrons. The highest BCUT2D eigenvalue weighted by molar-refractivity contribution is 5.94. The van der Waals surface area contributed by atoms with Crippen LogP contribution in [0.1, 0.15) is 22.8 Å². The number of aromatic hydroxyl groups is 1. The average Bonchev–Trinajstić information content (AvgIpc) is 2.64. The van der Waals surface area contributed by atoms with Gasteiger partial charge in [-0.3, -0.25) is 4.79 Å². The largest absolute Gasteiger partial charge is 0.507 e. The van der Waals surface area contributed by atoms with Crippen molar-refractivity contribution in [3.63, 3.8) is 0 Å². The van der Waals surface area contributed by atoms with Crippen LogP contribution < -0.4 is 4.74 Å². The van der Waals surface area contributed by atoms with Gasteiger partial charge in [-0.2, -0.15) is 0 Å². The van der Waals surface area contributed by atoms with Gasteiger partial charge in [-0.05, 0) is 24.6 Å². The normalized spacial score (nSPS) is 10.2. The smallest absolute Gasteiger partial charge is 0.342 e. The van der Waals surface area contributed by atoms with Crippen molar-refractivity contribution in [2.24, 2.45) is 0 Å². The number of nitrogens with zero attached hydrogens (tertiary/aromatic N) is 1. The van der Waals surface area contributed by atoms with Crippen LogP contribution in [0.2, 0.25) is 0 Å². The molecule has 0 atom stereocenters. The third kappa shape index (κ3) is 4.97. The third-order valence-electron chi connectivity index (χ3n) is 3.70. The Morgan fingerprint density at radius 2 is 1.84 bits per heavy atom. The van der Waals surface area contributed by atoms with Gasteiger partial charge >= 0.3 is 5.97 Å². The summed E-state index contributed by atoms with van der Waals surface area (Å²) in [5.41, 5.74) is 0.983. The van der Waals surface area contributed by atoms with Crippen LogP contribution in [0.25, 0.3) is 0 Å². The molecule has 25 heavy (non-hydrogen) atoms. The van der Waals surface area contributed by atoms with Crippen molar-refractivity contribution in [1.29, 1.82) is 0 Å². The molecule has 0 aliphatic rings. The molecule has 6 heteroatoms. The second-order valence-electron chi connectivity index (χ2n) is 5.35. The van der Waals surface area contributed by atoms with E-state index in [0.29, 0.717) is 18.8 Å². The van der Waals surface area contributed by atoms with Crippen molar-refractivity contribution in [1.82, 2.24) is 4.90 Å². The van der Waals surface area contributed by atoms with Crippen LogP contribution in [0, 0.1) is 0 Å². The summed E-state index contributed by atoms with van der Waals surface area (Å²) in [5.74, 6) is -0.893. The van der Waals surface area contributed by atoms with Crippen LogP contribution in [-0.2, 0) is 16.1 Å². The fourth-order valence-electron chi connectivity index (χ4n) is 2.29. The molecule has 2 aromatic carbocycles. The average molecular weight is 343 g/mol. The van der Waals surface area contributed by atoms with E-state index >= 15 is 0 Å². The Balaban J connectivity index is 1.94. The minimum atomic E-state index is -0.760. The van der Waals surface area contributed by atoms with Gasteiger partial charge in [0.25, 0.3) is 5.91 Å². The third-order valence-corrected chi connectivity index (χ3v) is 3.70. The first-order valence-electron chi connectivity index (χ1n) is 7.91. The van der Waals surface area contributed by atoms with E-state index in [1.54, 1.807) is 4.90 Å². The summed E-state index contributed by atoms with van der Waals surface area (Å²) >= 11 is 0. The molecule has 2 rings (SSSR count). The van der Waals surface area contributed by atoms with E-state index < -0.39 is 5.97 Å². The number of benzene rings is 2. The zero-order chi connectivity index (χ0) is 18.2. The summed E-state index contributed by atoms with van der Waals surface area (Å²) in [6, 6.07) is 13.8. The highest BCUT2D eigenvalue weighted by atomic mass is 16.5. The Bertz CT molecular complexity index is 730. The molecular formula is C19H21NO5. The van der Waals surface area contributed by atoms with Crippen LogP contribution in [0.4, 0.5) is 0 Å². The van der Waals surface area contributed by atoms with E-state index in [1.165, 1.54) is 25.3 Å². The van der Waals surface area contributed by atoms with E-state index in [0.717, 1.165) is 5.56 Å². The number of rotatable bonds is 7. The number of carbonyl (C=O) groups is 2. The van der Waals surface area contributed by atoms with Gasteiger partial charge in [0, 0.05) is 19.2 Å². The molecule has 0 aliphatic carbocycles. The van der Waals surface area contributed by atoms with Gasteiger partial charge in [0.15, 0.2) is 6.61 Å². The second kappa shape index (κ2) is 8.73. The number of phenolic OH excluding ortho intramolecular Hbond substituents is 1. The molecule has 0 saturated carbocycles. The second-order valence-corrected chi connectivity index (χ2v) is 5.35. The summed E-state index contributed by atoms with van der Waals surface area (Å²) in [6.07, 6.45) is 0. The molecule has 0 fully saturated rings. The van der Waals surface area contributed by atoms with E-state index in [4.69, 9.17) is 9.47 Å². The number of amides is 1. The number of methoxy groups -OCH3 is 1. The summed E-state index contributed by atoms with van der Waals surface area (Å²) < 4.78 is 9.99. The molecule has 0 aliphatic heterocycles. The van der Waals surface area contributed by atoms with Crippen molar-refractivity contribution in [3.05, 3.63) is 59.7 Å². The summed E-state index contributed by atoms with van der Waals surface area (Å²) in [4.78, 5) is 25.9. The summed E-state index contributed by atoms with van der Waals surface area (Å²) in [5, 5.41) is 9.83. The maximum absolute atomic E-state index is 12.3. The molecule has 0 unspecified atom stereocenters. The van der Waals surface area contributed by atoms with E-state index in [1.807, 2.05) is 37.3 Å². The number of esters is 1. The summed E-state index contributed by atoms with van der Waals surface area (Å²) in [7, 11) is 1.46. The van der Waals surface area contributed by atoms with E-state index in [2.05, 4.69) is 0 Å². The Kier molecular flexibility index (Phi) is 6.39. The van der Waals surface area contributed by atoms with E-state index in [-0.39, 0.29) is 23.8 Å². The van der Waals surface area contributed by atoms with Crippen molar-refractivity contribution >= 4 is 11.9 Å². The molecule has 0 aromatic heterocycles. The standard InChI is InChI=1S/C19H21NO5/c1-3-20(12-14-7-5-4-6-8-14)18(22)13-25-19(23)16-10-9-15(24-2)11-17(16)21/h4-11,21H,3,12-13H2,1-2H3. The van der Waals surface area contributed by atoms with Gasteiger partial charge in [-0.25, -0.2) is 4.79 Å². The maximum atomic E-state index is 12.3. The molecule has 132 valence electrons. The monoisotopic (exact) mass is 343 g/mol. The number of hydrogen-bond acceptors (Lipinski definition) is 5. The molecular weight excluding hydrogens is 322 g/mol. The fraction of sp³-hybridized carbons (Fsp3) is 0.263. The quantitative estimate of drug-likeness (QED) is 0.782. The molecule has 0 spiro atoms. The summed E-state index contributed by atoms with van der Waals surface area (Å²) in [6.45, 7) is 2.42. The molecule has 1 amide bonds. The van der Waals surface area contributed by atoms with Gasteiger partial charge in [-0.1, -0.05) is 30.3 Å². The zero-order valence-electron chi connectivity index (χ0n) is 14.3. The van der Waals surface area contributed by atoms with Gasteiger partial charge < -0.3 is 19.5 Å². The minimum absolute atomic E-state index is 0.0142. The minimum Gasteiger partial charge on any atom is -0.507 e. The molecule has 2 aromatic rings. The lowest BCUT2D eigenvalue weighted by atomic mass is 10.2. The lowest BCUT2D eigenvalue weighted by molar-refractivity contribution is -0.134. The Morgan fingerprint density at radius 3 is 2.44 bits per heavy atom. The maximum Gasteiger partial charge on any atom is 0.342 e. The zero-order valence-corrected chi connectivity index (χ0v) is 14.3. The Hall–Kier alpha value is -3.02. The van der Waals surface area contributed by atoms with Gasteiger partial charge in [0.05, 0.1) is 7.11 Å². The van der Waals surface area contributed by atoms with E-state index in [9.17, 15) is 14.7 Å². The van der Waals surface area contributed by atoms with Crippen molar-refractivity contribution in [2.45, 2.75) is 13.5 Å². The lowest BCUT2D eigenvalue weighted by Gasteiger charge is -2.21. The van der Waals surface area contributed by atoms with Crippen LogP contribution >= 0.6 is 0 Å². The Morgan fingerprint density at radius 1 is 1.12 bits per heavy atom. The molecule has 0 saturated heterocycles. The molecule has 6 nitrogen and oxygen atoms in total. The van der Waals surface area contributed by atoms with Crippen LogP contribution in [-0.4, -0.2) is 42.1 Å². The number of carbonyl (C=O) groups excluding carboxylic acids is 2. The number of likely N-dealkylation sites (N-methyl/N-ethyl adjacent to an activating group) is 1. The molecule has 0 heterocycles. The van der Waals surface area contributed by atoms with Gasteiger partial charge in [0.2, 0.25) is 0 Å². The van der Waals surface area contributed by atoms with Crippen LogP contribution in [0.5, 0.6) is 11.5 Å².